The summed E-state index contributed by atoms with van der Waals surface area (Å²) >= 11 is 7.69. The van der Waals surface area contributed by atoms with Crippen LogP contribution in [-0.2, 0) is 11.2 Å². The first-order chi connectivity index (χ1) is 16.3. The van der Waals surface area contributed by atoms with Crippen molar-refractivity contribution in [3.63, 3.8) is 0 Å². The molecule has 1 aromatic heterocycles. The number of carbonyl (C=O) groups is 1. The molecule has 170 valence electrons. The molecule has 8 heteroatoms. The summed E-state index contributed by atoms with van der Waals surface area (Å²) in [6.45, 7) is 5.99. The number of thioether (sulfide) groups is 1. The number of nitrogens with one attached hydrogen (secondary N) is 1. The Hall–Kier alpha value is -3.42. The van der Waals surface area contributed by atoms with Crippen LogP contribution in [0.15, 0.2) is 70.3 Å². The number of nitrogens with zero attached hydrogens (tertiary/aromatic N) is 4. The van der Waals surface area contributed by atoms with Gasteiger partial charge in [-0.15, -0.1) is 0 Å². The van der Waals surface area contributed by atoms with E-state index < -0.39 is 5.91 Å². The minimum atomic E-state index is -0.427. The summed E-state index contributed by atoms with van der Waals surface area (Å²) in [6.07, 6.45) is 2.36. The standard InChI is InChI=1S/C26H22ClN5OS/c1-15-12-19(17(3)31(15)22-11-7-10-21(27)16(22)2)14-20-24(28)32-26(29-25(20)33)34-23(30-32)13-18-8-5-4-6-9-18/h4-12,14,28H,13H2,1-3H3. The van der Waals surface area contributed by atoms with Gasteiger partial charge in [-0.2, -0.15) is 15.1 Å². The Morgan fingerprint density at radius 1 is 1.09 bits per heavy atom. The molecule has 0 atom stereocenters. The summed E-state index contributed by atoms with van der Waals surface area (Å²) in [5, 5.41) is 16.7. The summed E-state index contributed by atoms with van der Waals surface area (Å²) in [5.41, 5.74) is 6.12. The van der Waals surface area contributed by atoms with Crippen LogP contribution in [-0.4, -0.2) is 31.5 Å². The highest BCUT2D eigenvalue weighted by atomic mass is 35.5. The van der Waals surface area contributed by atoms with Crippen molar-refractivity contribution in [2.45, 2.75) is 27.2 Å². The third-order valence-corrected chi connectivity index (χ3v) is 7.26. The highest BCUT2D eigenvalue weighted by Crippen LogP contribution is 2.32. The van der Waals surface area contributed by atoms with Crippen LogP contribution in [0, 0.1) is 26.2 Å². The Labute approximate surface area is 207 Å². The van der Waals surface area contributed by atoms with Crippen LogP contribution in [0.2, 0.25) is 5.02 Å². The molecule has 34 heavy (non-hydrogen) atoms. The fraction of sp³-hybridized carbons (Fsp3) is 0.154. The van der Waals surface area contributed by atoms with Crippen molar-refractivity contribution >= 4 is 51.4 Å². The Morgan fingerprint density at radius 2 is 1.85 bits per heavy atom. The van der Waals surface area contributed by atoms with E-state index in [1.807, 2.05) is 75.4 Å². The summed E-state index contributed by atoms with van der Waals surface area (Å²) in [6, 6.07) is 17.8. The van der Waals surface area contributed by atoms with E-state index in [9.17, 15) is 4.79 Å². The lowest BCUT2D eigenvalue weighted by molar-refractivity contribution is -0.114. The first-order valence-corrected chi connectivity index (χ1v) is 12.0. The van der Waals surface area contributed by atoms with Gasteiger partial charge < -0.3 is 4.57 Å². The molecule has 1 amide bonds. The minimum Gasteiger partial charge on any atom is -0.318 e. The van der Waals surface area contributed by atoms with E-state index in [0.29, 0.717) is 16.6 Å². The molecule has 2 aromatic carbocycles. The van der Waals surface area contributed by atoms with E-state index in [-0.39, 0.29) is 11.4 Å². The Bertz CT molecular complexity index is 1430. The van der Waals surface area contributed by atoms with Gasteiger partial charge >= 0.3 is 0 Å². The maximum absolute atomic E-state index is 12.9. The monoisotopic (exact) mass is 487 g/mol. The number of hydrogen-bond acceptors (Lipinski definition) is 4. The first kappa shape index (κ1) is 22.4. The van der Waals surface area contributed by atoms with Crippen molar-refractivity contribution in [1.29, 1.82) is 5.41 Å². The second-order valence-corrected chi connectivity index (χ2v) is 9.67. The SMILES string of the molecule is Cc1c(Cl)cccc1-n1c(C)cc(C=C2C(=N)N3N=C(Cc4ccccc4)SC3=NC2=O)c1C. The summed E-state index contributed by atoms with van der Waals surface area (Å²) in [7, 11) is 0. The van der Waals surface area contributed by atoms with E-state index in [0.717, 1.165) is 38.8 Å². The number of hydrogen-bond donors (Lipinski definition) is 1. The van der Waals surface area contributed by atoms with Crippen molar-refractivity contribution in [3.8, 4) is 5.69 Å². The van der Waals surface area contributed by atoms with E-state index >= 15 is 0 Å². The first-order valence-electron chi connectivity index (χ1n) is 10.8. The maximum Gasteiger partial charge on any atom is 0.283 e. The lowest BCUT2D eigenvalue weighted by atomic mass is 10.1. The van der Waals surface area contributed by atoms with Gasteiger partial charge in [0.15, 0.2) is 5.84 Å². The van der Waals surface area contributed by atoms with Gasteiger partial charge in [-0.3, -0.25) is 10.2 Å². The molecule has 2 aliphatic rings. The van der Waals surface area contributed by atoms with Gasteiger partial charge in [-0.25, -0.2) is 0 Å². The molecular formula is C26H22ClN5OS. The molecule has 0 unspecified atom stereocenters. The number of benzene rings is 2. The second-order valence-electron chi connectivity index (χ2n) is 8.22. The largest absolute Gasteiger partial charge is 0.318 e. The van der Waals surface area contributed by atoms with E-state index in [1.54, 1.807) is 6.08 Å². The quantitative estimate of drug-likeness (QED) is 0.464. The van der Waals surface area contributed by atoms with Crippen LogP contribution in [0.5, 0.6) is 0 Å². The number of aryl methyl sites for hydroxylation is 1. The normalized spacial score (nSPS) is 16.7. The van der Waals surface area contributed by atoms with Crippen LogP contribution >= 0.6 is 23.4 Å². The maximum atomic E-state index is 12.9. The minimum absolute atomic E-state index is 0.0364. The molecule has 2 aliphatic heterocycles. The van der Waals surface area contributed by atoms with Crippen molar-refractivity contribution in [1.82, 2.24) is 9.58 Å². The average molecular weight is 488 g/mol. The predicted molar refractivity (Wildman–Crippen MR) is 140 cm³/mol. The molecule has 0 saturated heterocycles. The van der Waals surface area contributed by atoms with Crippen LogP contribution in [0.25, 0.3) is 11.8 Å². The fourth-order valence-corrected chi connectivity index (χ4v) is 5.26. The number of amidine groups is 2. The van der Waals surface area contributed by atoms with Gasteiger partial charge in [0, 0.05) is 28.5 Å². The molecule has 0 aliphatic carbocycles. The van der Waals surface area contributed by atoms with Gasteiger partial charge in [0.25, 0.3) is 5.91 Å². The molecular weight excluding hydrogens is 466 g/mol. The Kier molecular flexibility index (Phi) is 5.75. The zero-order valence-electron chi connectivity index (χ0n) is 19.0. The number of carbonyl (C=O) groups excluding carboxylic acids is 1. The van der Waals surface area contributed by atoms with E-state index in [1.165, 1.54) is 16.8 Å². The fourth-order valence-electron chi connectivity index (χ4n) is 4.17. The number of hydrazone groups is 1. The topological polar surface area (TPSA) is 73.8 Å². The highest BCUT2D eigenvalue weighted by molar-refractivity contribution is 8.26. The molecule has 0 saturated carbocycles. The van der Waals surface area contributed by atoms with Gasteiger partial charge in [-0.05, 0) is 73.5 Å². The number of aliphatic imine (C=N–C) groups is 1. The Morgan fingerprint density at radius 3 is 2.62 bits per heavy atom. The van der Waals surface area contributed by atoms with Crippen LogP contribution in [0.4, 0.5) is 0 Å². The number of amides is 1. The predicted octanol–water partition coefficient (Wildman–Crippen LogP) is 5.92. The van der Waals surface area contributed by atoms with Crippen molar-refractivity contribution in [2.24, 2.45) is 10.1 Å². The summed E-state index contributed by atoms with van der Waals surface area (Å²) in [4.78, 5) is 17.1. The molecule has 0 radical (unpaired) electrons. The van der Waals surface area contributed by atoms with Gasteiger partial charge in [0.2, 0.25) is 5.17 Å². The molecule has 6 nitrogen and oxygen atoms in total. The molecule has 3 aromatic rings. The number of fused-ring (bicyclic) bond motifs is 1. The third kappa shape index (κ3) is 3.91. The lowest BCUT2D eigenvalue weighted by Crippen LogP contribution is -2.35. The van der Waals surface area contributed by atoms with E-state index in [2.05, 4.69) is 14.7 Å². The number of rotatable bonds is 4. The number of halogens is 1. The summed E-state index contributed by atoms with van der Waals surface area (Å²) < 4.78 is 2.11. The Balaban J connectivity index is 1.48. The smallest absolute Gasteiger partial charge is 0.283 e. The van der Waals surface area contributed by atoms with Crippen LogP contribution < -0.4 is 0 Å². The third-order valence-electron chi connectivity index (χ3n) is 5.94. The number of aromatic nitrogens is 1. The molecule has 0 spiro atoms. The molecule has 1 N–H and O–H groups in total. The van der Waals surface area contributed by atoms with Crippen molar-refractivity contribution in [2.75, 3.05) is 0 Å². The zero-order valence-corrected chi connectivity index (χ0v) is 20.5. The van der Waals surface area contributed by atoms with Gasteiger partial charge in [-0.1, -0.05) is 48.0 Å². The van der Waals surface area contributed by atoms with Crippen molar-refractivity contribution in [3.05, 3.63) is 93.3 Å². The second kappa shape index (κ2) is 8.74. The molecule has 0 bridgehead atoms. The zero-order chi connectivity index (χ0) is 24.0. The van der Waals surface area contributed by atoms with Crippen LogP contribution in [0.1, 0.15) is 28.1 Å². The van der Waals surface area contributed by atoms with Crippen molar-refractivity contribution < 1.29 is 4.79 Å². The molecule has 5 rings (SSSR count). The van der Waals surface area contributed by atoms with Gasteiger partial charge in [0.05, 0.1) is 5.57 Å². The summed E-state index contributed by atoms with van der Waals surface area (Å²) in [5.74, 6) is -0.391. The van der Waals surface area contributed by atoms with E-state index in [4.69, 9.17) is 17.0 Å². The lowest BCUT2D eigenvalue weighted by Gasteiger charge is -2.20. The van der Waals surface area contributed by atoms with Crippen LogP contribution in [0.3, 0.4) is 0 Å². The highest BCUT2D eigenvalue weighted by Gasteiger charge is 2.35. The molecule has 0 fully saturated rings. The molecule has 3 heterocycles. The van der Waals surface area contributed by atoms with Gasteiger partial charge in [0.1, 0.15) is 5.04 Å². The average Bonchev–Trinajstić information content (AvgIpc) is 3.33.